The SMILES string of the molecule is O=C(O)C1OC(c2ccccc2)=NC1c1ccccc1. The number of rotatable bonds is 3. The van der Waals surface area contributed by atoms with Crippen molar-refractivity contribution in [3.05, 3.63) is 71.8 Å². The number of nitrogens with zero attached hydrogens (tertiary/aromatic N) is 1. The van der Waals surface area contributed by atoms with Crippen molar-refractivity contribution < 1.29 is 14.6 Å². The minimum absolute atomic E-state index is 0.381. The summed E-state index contributed by atoms with van der Waals surface area (Å²) in [6.07, 6.45) is -0.979. The first-order chi connectivity index (χ1) is 9.75. The van der Waals surface area contributed by atoms with Gasteiger partial charge in [0.1, 0.15) is 6.04 Å². The molecule has 0 radical (unpaired) electrons. The van der Waals surface area contributed by atoms with Crippen LogP contribution >= 0.6 is 0 Å². The molecule has 2 aromatic carbocycles. The Morgan fingerprint density at radius 3 is 2.20 bits per heavy atom. The molecule has 2 atom stereocenters. The van der Waals surface area contributed by atoms with Crippen LogP contribution in [0.2, 0.25) is 0 Å². The summed E-state index contributed by atoms with van der Waals surface area (Å²) in [5.41, 5.74) is 1.63. The smallest absolute Gasteiger partial charge is 0.347 e. The second kappa shape index (κ2) is 5.17. The van der Waals surface area contributed by atoms with E-state index >= 15 is 0 Å². The number of carboxylic acid groups (broad SMARTS) is 1. The first-order valence-electron chi connectivity index (χ1n) is 6.33. The lowest BCUT2D eigenvalue weighted by Crippen LogP contribution is -2.26. The summed E-state index contributed by atoms with van der Waals surface area (Å²) >= 11 is 0. The van der Waals surface area contributed by atoms with Crippen molar-refractivity contribution in [1.82, 2.24) is 0 Å². The van der Waals surface area contributed by atoms with Crippen LogP contribution < -0.4 is 0 Å². The van der Waals surface area contributed by atoms with E-state index < -0.39 is 18.1 Å². The average molecular weight is 267 g/mol. The molecule has 0 fully saturated rings. The van der Waals surface area contributed by atoms with Crippen molar-refractivity contribution in [2.45, 2.75) is 12.1 Å². The van der Waals surface area contributed by atoms with Crippen LogP contribution in [-0.4, -0.2) is 23.1 Å². The van der Waals surface area contributed by atoms with Crippen LogP contribution in [0, 0.1) is 0 Å². The molecule has 100 valence electrons. The summed E-state index contributed by atoms with van der Waals surface area (Å²) in [5.74, 6) is -0.625. The van der Waals surface area contributed by atoms with Gasteiger partial charge in [-0.3, -0.25) is 0 Å². The van der Waals surface area contributed by atoms with Gasteiger partial charge in [0.2, 0.25) is 12.0 Å². The van der Waals surface area contributed by atoms with Crippen LogP contribution in [0.15, 0.2) is 65.7 Å². The minimum Gasteiger partial charge on any atom is -0.478 e. The highest BCUT2D eigenvalue weighted by molar-refractivity contribution is 5.97. The Kier molecular flexibility index (Phi) is 3.21. The summed E-state index contributed by atoms with van der Waals surface area (Å²) < 4.78 is 5.53. The van der Waals surface area contributed by atoms with Gasteiger partial charge in [-0.25, -0.2) is 9.79 Å². The highest BCUT2D eigenvalue weighted by Gasteiger charge is 2.38. The number of carboxylic acids is 1. The van der Waals surface area contributed by atoms with Crippen LogP contribution in [0.1, 0.15) is 17.2 Å². The lowest BCUT2D eigenvalue weighted by molar-refractivity contribution is -0.145. The third kappa shape index (κ3) is 2.28. The zero-order valence-electron chi connectivity index (χ0n) is 10.6. The summed E-state index contributed by atoms with van der Waals surface area (Å²) in [5, 5.41) is 9.31. The molecule has 1 aliphatic heterocycles. The Morgan fingerprint density at radius 1 is 1.00 bits per heavy atom. The van der Waals surface area contributed by atoms with Crippen LogP contribution in [0.25, 0.3) is 0 Å². The van der Waals surface area contributed by atoms with Crippen LogP contribution in [0.5, 0.6) is 0 Å². The van der Waals surface area contributed by atoms with Gasteiger partial charge in [0, 0.05) is 5.56 Å². The molecule has 3 rings (SSSR count). The molecule has 4 heteroatoms. The van der Waals surface area contributed by atoms with E-state index in [1.54, 1.807) is 0 Å². The normalized spacial score (nSPS) is 21.1. The molecule has 0 aliphatic carbocycles. The second-order valence-electron chi connectivity index (χ2n) is 4.53. The fourth-order valence-corrected chi connectivity index (χ4v) is 2.22. The van der Waals surface area contributed by atoms with Gasteiger partial charge in [-0.05, 0) is 17.7 Å². The molecule has 0 aromatic heterocycles. The third-order valence-corrected chi connectivity index (χ3v) is 3.19. The lowest BCUT2D eigenvalue weighted by Gasteiger charge is -2.13. The van der Waals surface area contributed by atoms with E-state index in [-0.39, 0.29) is 0 Å². The maximum Gasteiger partial charge on any atom is 0.347 e. The monoisotopic (exact) mass is 267 g/mol. The van der Waals surface area contributed by atoms with Crippen molar-refractivity contribution in [3.8, 4) is 0 Å². The molecule has 1 N–H and O–H groups in total. The van der Waals surface area contributed by atoms with E-state index in [4.69, 9.17) is 4.74 Å². The zero-order chi connectivity index (χ0) is 13.9. The number of ether oxygens (including phenoxy) is 1. The summed E-state index contributed by atoms with van der Waals surface area (Å²) in [6, 6.07) is 18.2. The molecule has 2 aromatic rings. The van der Waals surface area contributed by atoms with Crippen LogP contribution in [-0.2, 0) is 9.53 Å². The number of hydrogen-bond donors (Lipinski definition) is 1. The second-order valence-corrected chi connectivity index (χ2v) is 4.53. The average Bonchev–Trinajstić information content (AvgIpc) is 2.94. The minimum atomic E-state index is -1.01. The Labute approximate surface area is 116 Å². The van der Waals surface area contributed by atoms with Crippen LogP contribution in [0.4, 0.5) is 0 Å². The third-order valence-electron chi connectivity index (χ3n) is 3.19. The van der Waals surface area contributed by atoms with Gasteiger partial charge in [-0.15, -0.1) is 0 Å². The number of hydrogen-bond acceptors (Lipinski definition) is 3. The predicted molar refractivity (Wildman–Crippen MR) is 74.7 cm³/mol. The van der Waals surface area contributed by atoms with Gasteiger partial charge >= 0.3 is 5.97 Å². The van der Waals surface area contributed by atoms with Gasteiger partial charge in [-0.1, -0.05) is 48.5 Å². The molecule has 0 saturated carbocycles. The van der Waals surface area contributed by atoms with E-state index in [2.05, 4.69) is 4.99 Å². The quantitative estimate of drug-likeness (QED) is 0.930. The molecule has 2 unspecified atom stereocenters. The van der Waals surface area contributed by atoms with Crippen molar-refractivity contribution >= 4 is 11.9 Å². The molecular formula is C16H13NO3. The van der Waals surface area contributed by atoms with E-state index in [9.17, 15) is 9.90 Å². The summed E-state index contributed by atoms with van der Waals surface area (Å²) in [6.45, 7) is 0. The fourth-order valence-electron chi connectivity index (χ4n) is 2.22. The largest absolute Gasteiger partial charge is 0.478 e. The van der Waals surface area contributed by atoms with Crippen molar-refractivity contribution in [1.29, 1.82) is 0 Å². The molecule has 0 spiro atoms. The Balaban J connectivity index is 1.98. The molecule has 0 amide bonds. The fraction of sp³-hybridized carbons (Fsp3) is 0.125. The van der Waals surface area contributed by atoms with Crippen molar-refractivity contribution in [3.63, 3.8) is 0 Å². The molecular weight excluding hydrogens is 254 g/mol. The Bertz CT molecular complexity index is 637. The van der Waals surface area contributed by atoms with Gasteiger partial charge in [0.25, 0.3) is 0 Å². The lowest BCUT2D eigenvalue weighted by atomic mass is 10.0. The molecule has 0 saturated heterocycles. The van der Waals surface area contributed by atoms with Crippen molar-refractivity contribution in [2.75, 3.05) is 0 Å². The maximum absolute atomic E-state index is 11.4. The Morgan fingerprint density at radius 2 is 1.60 bits per heavy atom. The summed E-state index contributed by atoms with van der Waals surface area (Å²) in [7, 11) is 0. The molecule has 1 aliphatic rings. The highest BCUT2D eigenvalue weighted by Crippen LogP contribution is 2.31. The zero-order valence-corrected chi connectivity index (χ0v) is 10.6. The number of benzene rings is 2. The first kappa shape index (κ1) is 12.4. The predicted octanol–water partition coefficient (Wildman–Crippen LogP) is 2.66. The van der Waals surface area contributed by atoms with E-state index in [1.165, 1.54) is 0 Å². The van der Waals surface area contributed by atoms with Gasteiger partial charge in [-0.2, -0.15) is 0 Å². The number of aliphatic carboxylic acids is 1. The summed E-state index contributed by atoms with van der Waals surface area (Å²) in [4.78, 5) is 15.8. The number of aliphatic imine (C=N–C) groups is 1. The van der Waals surface area contributed by atoms with Gasteiger partial charge < -0.3 is 9.84 Å². The standard InChI is InChI=1S/C16H13NO3/c18-16(19)14-13(11-7-3-1-4-8-11)17-15(20-14)12-9-5-2-6-10-12/h1-10,13-14H,(H,18,19). The molecule has 0 bridgehead atoms. The van der Waals surface area contributed by atoms with E-state index in [0.29, 0.717) is 5.90 Å². The molecule has 20 heavy (non-hydrogen) atoms. The van der Waals surface area contributed by atoms with Crippen LogP contribution in [0.3, 0.4) is 0 Å². The van der Waals surface area contributed by atoms with Gasteiger partial charge in [0.05, 0.1) is 0 Å². The van der Waals surface area contributed by atoms with Gasteiger partial charge in [0.15, 0.2) is 0 Å². The molecule has 4 nitrogen and oxygen atoms in total. The Hall–Kier alpha value is -2.62. The topological polar surface area (TPSA) is 58.9 Å². The van der Waals surface area contributed by atoms with E-state index in [1.807, 2.05) is 60.7 Å². The number of carbonyl (C=O) groups is 1. The maximum atomic E-state index is 11.4. The van der Waals surface area contributed by atoms with E-state index in [0.717, 1.165) is 11.1 Å². The van der Waals surface area contributed by atoms with Crippen molar-refractivity contribution in [2.24, 2.45) is 4.99 Å². The highest BCUT2D eigenvalue weighted by atomic mass is 16.5. The molecule has 1 heterocycles. The first-order valence-corrected chi connectivity index (χ1v) is 6.33.